The van der Waals surface area contributed by atoms with Crippen molar-refractivity contribution < 1.29 is 9.59 Å². The Balaban J connectivity index is 1.80. The van der Waals surface area contributed by atoms with E-state index in [1.54, 1.807) is 7.05 Å². The van der Waals surface area contributed by atoms with Crippen LogP contribution in [0.4, 0.5) is 5.69 Å². The molecule has 2 aromatic rings. The second-order valence-corrected chi connectivity index (χ2v) is 6.15. The van der Waals surface area contributed by atoms with E-state index in [0.717, 1.165) is 16.8 Å². The van der Waals surface area contributed by atoms with Crippen LogP contribution in [0.15, 0.2) is 48.5 Å². The molecule has 0 aliphatic heterocycles. The molecule has 126 valence electrons. The summed E-state index contributed by atoms with van der Waals surface area (Å²) in [4.78, 5) is 25.7. The van der Waals surface area contributed by atoms with Crippen molar-refractivity contribution in [3.05, 3.63) is 65.2 Å². The van der Waals surface area contributed by atoms with Crippen molar-refractivity contribution in [3.63, 3.8) is 0 Å². The van der Waals surface area contributed by atoms with Crippen LogP contribution in [0.5, 0.6) is 0 Å². The lowest BCUT2D eigenvalue weighted by Crippen LogP contribution is -2.35. The number of benzene rings is 2. The lowest BCUT2D eigenvalue weighted by Gasteiger charge is -2.17. The normalized spacial score (nSPS) is 10.3. The number of nitrogens with one attached hydrogen (secondary N) is 1. The molecule has 0 radical (unpaired) electrons. The average Bonchev–Trinajstić information content (AvgIpc) is 2.54. The summed E-state index contributed by atoms with van der Waals surface area (Å²) in [6, 6.07) is 15.7. The molecule has 24 heavy (non-hydrogen) atoms. The fourth-order valence-corrected chi connectivity index (χ4v) is 2.45. The van der Waals surface area contributed by atoms with Crippen molar-refractivity contribution in [2.24, 2.45) is 0 Å². The smallest absolute Gasteiger partial charge is 0.243 e. The Morgan fingerprint density at radius 3 is 2.38 bits per heavy atom. The van der Waals surface area contributed by atoms with E-state index in [9.17, 15) is 9.59 Å². The van der Waals surface area contributed by atoms with Gasteiger partial charge in [-0.15, -0.1) is 0 Å². The first-order chi connectivity index (χ1) is 11.4. The third-order valence-corrected chi connectivity index (χ3v) is 3.85. The maximum atomic E-state index is 12.2. The number of likely N-dealkylation sites (N-methyl/N-ethyl adjacent to an activating group) is 1. The molecule has 0 saturated carbocycles. The summed E-state index contributed by atoms with van der Waals surface area (Å²) >= 11 is 0. The maximum absolute atomic E-state index is 12.2. The molecule has 2 rings (SSSR count). The zero-order valence-electron chi connectivity index (χ0n) is 14.5. The van der Waals surface area contributed by atoms with E-state index in [-0.39, 0.29) is 18.4 Å². The van der Waals surface area contributed by atoms with Gasteiger partial charge < -0.3 is 10.2 Å². The van der Waals surface area contributed by atoms with Crippen LogP contribution in [0.1, 0.15) is 23.1 Å². The van der Waals surface area contributed by atoms with Gasteiger partial charge >= 0.3 is 0 Å². The molecular formula is C20H24N2O2. The van der Waals surface area contributed by atoms with Crippen molar-refractivity contribution in [1.82, 2.24) is 4.90 Å². The SMILES string of the molecule is Cc1ccc(NC(=O)CN(C)C(=O)CCc2cccc(C)c2)cc1. The second-order valence-electron chi connectivity index (χ2n) is 6.15. The summed E-state index contributed by atoms with van der Waals surface area (Å²) < 4.78 is 0. The summed E-state index contributed by atoms with van der Waals surface area (Å²) in [5.74, 6) is -0.221. The predicted octanol–water partition coefficient (Wildman–Crippen LogP) is 3.33. The number of hydrogen-bond acceptors (Lipinski definition) is 2. The van der Waals surface area contributed by atoms with E-state index in [1.807, 2.05) is 56.3 Å². The van der Waals surface area contributed by atoms with Gasteiger partial charge in [0.1, 0.15) is 0 Å². The third-order valence-electron chi connectivity index (χ3n) is 3.85. The fourth-order valence-electron chi connectivity index (χ4n) is 2.45. The number of carbonyl (C=O) groups excluding carboxylic acids is 2. The molecule has 4 heteroatoms. The maximum Gasteiger partial charge on any atom is 0.243 e. The Hall–Kier alpha value is -2.62. The number of aryl methyl sites for hydroxylation is 3. The van der Waals surface area contributed by atoms with Crippen molar-refractivity contribution in [2.45, 2.75) is 26.7 Å². The molecular weight excluding hydrogens is 300 g/mol. The topological polar surface area (TPSA) is 49.4 Å². The molecule has 0 aliphatic carbocycles. The first-order valence-corrected chi connectivity index (χ1v) is 8.10. The molecule has 2 aromatic carbocycles. The summed E-state index contributed by atoms with van der Waals surface area (Å²) in [6.45, 7) is 4.08. The summed E-state index contributed by atoms with van der Waals surface area (Å²) in [5.41, 5.74) is 4.20. The lowest BCUT2D eigenvalue weighted by atomic mass is 10.1. The molecule has 4 nitrogen and oxygen atoms in total. The molecule has 0 heterocycles. The van der Waals surface area contributed by atoms with Crippen molar-refractivity contribution in [2.75, 3.05) is 18.9 Å². The Morgan fingerprint density at radius 2 is 1.71 bits per heavy atom. The van der Waals surface area contributed by atoms with Crippen LogP contribution in [-0.2, 0) is 16.0 Å². The zero-order valence-corrected chi connectivity index (χ0v) is 14.5. The van der Waals surface area contributed by atoms with Gasteiger partial charge in [0, 0.05) is 19.2 Å². The highest BCUT2D eigenvalue weighted by atomic mass is 16.2. The highest BCUT2D eigenvalue weighted by molar-refractivity contribution is 5.94. The number of rotatable bonds is 6. The Morgan fingerprint density at radius 1 is 1.00 bits per heavy atom. The van der Waals surface area contributed by atoms with Crippen LogP contribution in [-0.4, -0.2) is 30.3 Å². The quantitative estimate of drug-likeness (QED) is 0.886. The second kappa shape index (κ2) is 8.29. The molecule has 0 unspecified atom stereocenters. The van der Waals surface area contributed by atoms with E-state index >= 15 is 0 Å². The van der Waals surface area contributed by atoms with Crippen LogP contribution < -0.4 is 5.32 Å². The van der Waals surface area contributed by atoms with Crippen LogP contribution in [0.2, 0.25) is 0 Å². The van der Waals surface area contributed by atoms with Gasteiger partial charge in [-0.25, -0.2) is 0 Å². The van der Waals surface area contributed by atoms with E-state index < -0.39 is 0 Å². The number of amides is 2. The minimum absolute atomic E-state index is 0.0319. The summed E-state index contributed by atoms with van der Waals surface area (Å²) in [7, 11) is 1.66. The molecule has 1 N–H and O–H groups in total. The van der Waals surface area contributed by atoms with Crippen molar-refractivity contribution in [3.8, 4) is 0 Å². The highest BCUT2D eigenvalue weighted by Crippen LogP contribution is 2.09. The first kappa shape index (κ1) is 17.7. The van der Waals surface area contributed by atoms with Gasteiger partial charge in [-0.3, -0.25) is 9.59 Å². The number of nitrogens with zero attached hydrogens (tertiary/aromatic N) is 1. The van der Waals surface area contributed by atoms with Gasteiger partial charge in [-0.2, -0.15) is 0 Å². The minimum Gasteiger partial charge on any atom is -0.336 e. The van der Waals surface area contributed by atoms with Gasteiger partial charge in [0.25, 0.3) is 0 Å². The molecule has 0 aliphatic rings. The Labute approximate surface area is 143 Å². The Bertz CT molecular complexity index is 708. The molecule has 0 spiro atoms. The van der Waals surface area contributed by atoms with Gasteiger partial charge in [0.05, 0.1) is 6.54 Å². The minimum atomic E-state index is -0.190. The standard InChI is InChI=1S/C20H24N2O2/c1-15-7-10-18(11-8-15)21-19(23)14-22(3)20(24)12-9-17-6-4-5-16(2)13-17/h4-8,10-11,13H,9,12,14H2,1-3H3,(H,21,23). The van der Waals surface area contributed by atoms with Crippen LogP contribution in [0.3, 0.4) is 0 Å². The number of hydrogen-bond donors (Lipinski definition) is 1. The van der Waals surface area contributed by atoms with Gasteiger partial charge in [0.2, 0.25) is 11.8 Å². The zero-order chi connectivity index (χ0) is 17.5. The lowest BCUT2D eigenvalue weighted by molar-refractivity contribution is -0.133. The third kappa shape index (κ3) is 5.54. The first-order valence-electron chi connectivity index (χ1n) is 8.10. The van der Waals surface area contributed by atoms with Crippen LogP contribution in [0, 0.1) is 13.8 Å². The van der Waals surface area contributed by atoms with Gasteiger partial charge in [-0.05, 0) is 38.0 Å². The predicted molar refractivity (Wildman–Crippen MR) is 96.9 cm³/mol. The molecule has 0 saturated heterocycles. The van der Waals surface area contributed by atoms with Gasteiger partial charge in [-0.1, -0.05) is 47.5 Å². The van der Waals surface area contributed by atoms with E-state index in [4.69, 9.17) is 0 Å². The van der Waals surface area contributed by atoms with Crippen molar-refractivity contribution >= 4 is 17.5 Å². The Kier molecular flexibility index (Phi) is 6.13. The molecule has 0 bridgehead atoms. The van der Waals surface area contributed by atoms with Crippen LogP contribution in [0.25, 0.3) is 0 Å². The molecule has 0 atom stereocenters. The van der Waals surface area contributed by atoms with E-state index in [1.165, 1.54) is 10.5 Å². The molecule has 0 fully saturated rings. The fraction of sp³-hybridized carbons (Fsp3) is 0.300. The monoisotopic (exact) mass is 324 g/mol. The van der Waals surface area contributed by atoms with Crippen LogP contribution >= 0.6 is 0 Å². The number of anilines is 1. The average molecular weight is 324 g/mol. The molecule has 0 aromatic heterocycles. The van der Waals surface area contributed by atoms with Gasteiger partial charge in [0.15, 0.2) is 0 Å². The summed E-state index contributed by atoms with van der Waals surface area (Å²) in [6.07, 6.45) is 1.09. The highest BCUT2D eigenvalue weighted by Gasteiger charge is 2.13. The number of carbonyl (C=O) groups is 2. The molecule has 2 amide bonds. The van der Waals surface area contributed by atoms with E-state index in [2.05, 4.69) is 11.4 Å². The summed E-state index contributed by atoms with van der Waals surface area (Å²) in [5, 5.41) is 2.80. The van der Waals surface area contributed by atoms with E-state index in [0.29, 0.717) is 12.8 Å². The largest absolute Gasteiger partial charge is 0.336 e. The van der Waals surface area contributed by atoms with Crippen molar-refractivity contribution in [1.29, 1.82) is 0 Å².